The molecule has 28 heavy (non-hydrogen) atoms. The van der Waals surface area contributed by atoms with Gasteiger partial charge >= 0.3 is 0 Å². The van der Waals surface area contributed by atoms with Gasteiger partial charge in [0.2, 0.25) is 5.91 Å². The molecule has 1 amide bonds. The minimum atomic E-state index is 0. The highest BCUT2D eigenvalue weighted by Gasteiger charge is 2.31. The quantitative estimate of drug-likeness (QED) is 0.219. The summed E-state index contributed by atoms with van der Waals surface area (Å²) in [7, 11) is 0. The van der Waals surface area contributed by atoms with Gasteiger partial charge in [0.25, 0.3) is 0 Å². The van der Waals surface area contributed by atoms with Crippen molar-refractivity contribution < 1.29 is 9.90 Å². The Balaban J connectivity index is 0.00000392. The third kappa shape index (κ3) is 9.29. The first kappa shape index (κ1) is 25.5. The van der Waals surface area contributed by atoms with Crippen LogP contribution in [0.5, 0.6) is 0 Å². The van der Waals surface area contributed by atoms with Crippen LogP contribution in [0, 0.1) is 5.41 Å². The predicted octanol–water partition coefficient (Wildman–Crippen LogP) is 3.33. The highest BCUT2D eigenvalue weighted by Crippen LogP contribution is 2.39. The first-order valence-corrected chi connectivity index (χ1v) is 11.1. The summed E-state index contributed by atoms with van der Waals surface area (Å²) < 4.78 is 0. The summed E-state index contributed by atoms with van der Waals surface area (Å²) in [5.74, 6) is 0.917. The summed E-state index contributed by atoms with van der Waals surface area (Å²) in [5.41, 5.74) is 0.147. The molecule has 0 aliphatic heterocycles. The number of nitrogens with zero attached hydrogens (tertiary/aromatic N) is 1. The van der Waals surface area contributed by atoms with Crippen molar-refractivity contribution in [1.29, 1.82) is 0 Å². The van der Waals surface area contributed by atoms with Crippen LogP contribution >= 0.6 is 24.0 Å². The highest BCUT2D eigenvalue weighted by molar-refractivity contribution is 14.0. The first-order valence-electron chi connectivity index (χ1n) is 11.1. The molecule has 0 heterocycles. The molecule has 0 atom stereocenters. The molecule has 2 fully saturated rings. The molecule has 2 saturated carbocycles. The van der Waals surface area contributed by atoms with Gasteiger partial charge in [-0.3, -0.25) is 9.79 Å². The molecule has 0 aromatic carbocycles. The molecule has 2 rings (SSSR count). The van der Waals surface area contributed by atoms with Crippen molar-refractivity contribution in [2.45, 2.75) is 90.0 Å². The zero-order valence-corrected chi connectivity index (χ0v) is 19.9. The van der Waals surface area contributed by atoms with Gasteiger partial charge in [-0.2, -0.15) is 0 Å². The Labute approximate surface area is 188 Å². The molecule has 4 N–H and O–H groups in total. The Hall–Kier alpha value is -0.570. The highest BCUT2D eigenvalue weighted by atomic mass is 127. The van der Waals surface area contributed by atoms with Crippen LogP contribution in [0.3, 0.4) is 0 Å². The van der Waals surface area contributed by atoms with E-state index < -0.39 is 0 Å². The molecule has 0 aromatic rings. The van der Waals surface area contributed by atoms with Crippen LogP contribution in [0.15, 0.2) is 4.99 Å². The fourth-order valence-electron chi connectivity index (χ4n) is 4.46. The normalized spacial score (nSPS) is 20.1. The second kappa shape index (κ2) is 14.4. The largest absolute Gasteiger partial charge is 0.396 e. The minimum Gasteiger partial charge on any atom is -0.396 e. The Morgan fingerprint density at radius 1 is 1.07 bits per heavy atom. The third-order valence-electron chi connectivity index (χ3n) is 6.09. The van der Waals surface area contributed by atoms with E-state index in [0.717, 1.165) is 51.2 Å². The fraction of sp³-hybridized carbons (Fsp3) is 0.905. The molecule has 2 aliphatic carbocycles. The summed E-state index contributed by atoms with van der Waals surface area (Å²) in [4.78, 5) is 16.9. The topological polar surface area (TPSA) is 85.8 Å². The average molecular weight is 508 g/mol. The molecule has 6 nitrogen and oxygen atoms in total. The van der Waals surface area contributed by atoms with Crippen LogP contribution < -0.4 is 16.0 Å². The van der Waals surface area contributed by atoms with E-state index in [-0.39, 0.29) is 41.9 Å². The lowest BCUT2D eigenvalue weighted by atomic mass is 9.72. The summed E-state index contributed by atoms with van der Waals surface area (Å²) >= 11 is 0. The number of carbonyl (C=O) groups excluding carboxylic acids is 1. The molecule has 0 saturated heterocycles. The molecule has 0 spiro atoms. The summed E-state index contributed by atoms with van der Waals surface area (Å²) in [6.07, 6.45) is 13.4. The maximum Gasteiger partial charge on any atom is 0.221 e. The Morgan fingerprint density at radius 3 is 2.39 bits per heavy atom. The van der Waals surface area contributed by atoms with Gasteiger partial charge in [0.15, 0.2) is 5.96 Å². The number of aliphatic hydroxyl groups is 1. The summed E-state index contributed by atoms with van der Waals surface area (Å²) in [6, 6.07) is 0.373. The number of guanidine groups is 1. The second-order valence-corrected chi connectivity index (χ2v) is 8.31. The van der Waals surface area contributed by atoms with Gasteiger partial charge in [-0.25, -0.2) is 0 Å². The molecule has 0 bridgehead atoms. The zero-order chi connectivity index (χ0) is 19.4. The molecule has 0 unspecified atom stereocenters. The molecule has 7 heteroatoms. The minimum absolute atomic E-state index is 0. The molecule has 2 aliphatic rings. The van der Waals surface area contributed by atoms with Crippen molar-refractivity contribution in [1.82, 2.24) is 16.0 Å². The van der Waals surface area contributed by atoms with Gasteiger partial charge in [0.05, 0.1) is 0 Å². The van der Waals surface area contributed by atoms with Crippen molar-refractivity contribution in [2.75, 3.05) is 26.2 Å². The zero-order valence-electron chi connectivity index (χ0n) is 17.6. The smallest absolute Gasteiger partial charge is 0.221 e. The number of nitrogens with one attached hydrogen (secondary N) is 3. The van der Waals surface area contributed by atoms with E-state index in [4.69, 9.17) is 4.99 Å². The Morgan fingerprint density at radius 2 is 1.75 bits per heavy atom. The number of rotatable bonds is 9. The van der Waals surface area contributed by atoms with Crippen molar-refractivity contribution in [3.05, 3.63) is 0 Å². The van der Waals surface area contributed by atoms with Gasteiger partial charge in [-0.05, 0) is 44.4 Å². The second-order valence-electron chi connectivity index (χ2n) is 8.31. The number of aliphatic hydroxyl groups excluding tert-OH is 1. The van der Waals surface area contributed by atoms with Crippen LogP contribution in [0.4, 0.5) is 0 Å². The lowest BCUT2D eigenvalue weighted by Crippen LogP contribution is -2.42. The fourth-order valence-corrected chi connectivity index (χ4v) is 4.46. The van der Waals surface area contributed by atoms with Crippen LogP contribution in [0.25, 0.3) is 0 Å². The maximum absolute atomic E-state index is 12.2. The van der Waals surface area contributed by atoms with E-state index in [1.54, 1.807) is 0 Å². The lowest BCUT2D eigenvalue weighted by molar-refractivity contribution is -0.121. The summed E-state index contributed by atoms with van der Waals surface area (Å²) in [5, 5.41) is 19.2. The van der Waals surface area contributed by atoms with E-state index in [0.29, 0.717) is 19.0 Å². The van der Waals surface area contributed by atoms with Gasteiger partial charge in [-0.15, -0.1) is 24.0 Å². The number of aliphatic imine (C=N–C) groups is 1. The number of hydrogen-bond acceptors (Lipinski definition) is 3. The average Bonchev–Trinajstić information content (AvgIpc) is 2.68. The van der Waals surface area contributed by atoms with Crippen molar-refractivity contribution >= 4 is 35.8 Å². The molecular formula is C21H41IN4O2. The van der Waals surface area contributed by atoms with Crippen LogP contribution in [0.2, 0.25) is 0 Å². The van der Waals surface area contributed by atoms with Crippen LogP contribution in [-0.4, -0.2) is 49.3 Å². The molecule has 0 aromatic heterocycles. The van der Waals surface area contributed by atoms with Gasteiger partial charge < -0.3 is 21.1 Å². The monoisotopic (exact) mass is 508 g/mol. The number of carbonyl (C=O) groups is 1. The van der Waals surface area contributed by atoms with Crippen molar-refractivity contribution in [3.63, 3.8) is 0 Å². The molecular weight excluding hydrogens is 467 g/mol. The first-order chi connectivity index (χ1) is 13.2. The lowest BCUT2D eigenvalue weighted by Gasteiger charge is -2.35. The van der Waals surface area contributed by atoms with Gasteiger partial charge in [-0.1, -0.05) is 38.5 Å². The van der Waals surface area contributed by atoms with E-state index in [2.05, 4.69) is 22.9 Å². The van der Waals surface area contributed by atoms with Crippen LogP contribution in [-0.2, 0) is 4.79 Å². The third-order valence-corrected chi connectivity index (χ3v) is 6.09. The number of amides is 1. The Bertz CT molecular complexity index is 456. The van der Waals surface area contributed by atoms with E-state index in [1.807, 2.05) is 0 Å². The van der Waals surface area contributed by atoms with E-state index >= 15 is 0 Å². The Kier molecular flexibility index (Phi) is 13.1. The maximum atomic E-state index is 12.2. The predicted molar refractivity (Wildman–Crippen MR) is 126 cm³/mol. The van der Waals surface area contributed by atoms with Crippen LogP contribution in [0.1, 0.15) is 84.0 Å². The summed E-state index contributed by atoms with van der Waals surface area (Å²) in [6.45, 7) is 4.43. The molecule has 0 radical (unpaired) electrons. The van der Waals surface area contributed by atoms with E-state index in [9.17, 15) is 9.90 Å². The van der Waals surface area contributed by atoms with Crippen molar-refractivity contribution in [3.8, 4) is 0 Å². The van der Waals surface area contributed by atoms with Crippen molar-refractivity contribution in [2.24, 2.45) is 10.4 Å². The van der Waals surface area contributed by atoms with Gasteiger partial charge in [0, 0.05) is 38.7 Å². The van der Waals surface area contributed by atoms with Gasteiger partial charge in [0.1, 0.15) is 0 Å². The number of halogens is 1. The van der Waals surface area contributed by atoms with E-state index in [1.165, 1.54) is 38.5 Å². The number of hydrogen-bond donors (Lipinski definition) is 4. The molecule has 164 valence electrons. The SMILES string of the molecule is CCNC(=NCC1(CCO)CCCCC1)NCCC(=O)NC1CCCCC1.I. The standard InChI is InChI=1S/C21H40N4O2.HI/c1-2-22-20(24-17-21(14-16-26)12-7-4-8-13-21)23-15-11-19(27)25-18-9-5-3-6-10-18;/h18,26H,2-17H2,1H3,(H,25,27)(H2,22,23,24);1H.